The number of benzene rings is 7. The molecule has 9 rings (SSSR count). The number of rotatable bonds is 5. The first-order valence-electron chi connectivity index (χ1n) is 15.3. The first-order chi connectivity index (χ1) is 22.3. The molecule has 212 valence electrons. The first kappa shape index (κ1) is 25.8. The minimum Gasteiger partial charge on any atom is -0.310 e. The van der Waals surface area contributed by atoms with Gasteiger partial charge in [-0.1, -0.05) is 109 Å². The smallest absolute Gasteiger partial charge is 0.0561 e. The SMILES string of the molecule is c1ccc(-c2ccccc2N(c2ccc3sc4ccccc4c3c2)c2ccc3c4ccccc4n(-c4ccccc4)c3c2)cc1. The van der Waals surface area contributed by atoms with E-state index in [4.69, 9.17) is 0 Å². The van der Waals surface area contributed by atoms with Gasteiger partial charge in [0.1, 0.15) is 0 Å². The number of anilines is 3. The lowest BCUT2D eigenvalue weighted by Crippen LogP contribution is -2.11. The van der Waals surface area contributed by atoms with Crippen LogP contribution in [0.25, 0.3) is 58.8 Å². The van der Waals surface area contributed by atoms with E-state index in [9.17, 15) is 0 Å². The van der Waals surface area contributed by atoms with Crippen molar-refractivity contribution in [2.45, 2.75) is 0 Å². The van der Waals surface area contributed by atoms with Gasteiger partial charge in [-0.25, -0.2) is 0 Å². The second-order valence-corrected chi connectivity index (χ2v) is 12.5. The van der Waals surface area contributed by atoms with Crippen LogP contribution in [0.4, 0.5) is 17.1 Å². The van der Waals surface area contributed by atoms with Gasteiger partial charge in [0.05, 0.1) is 16.7 Å². The Bertz CT molecular complexity index is 2490. The molecule has 2 aromatic heterocycles. The molecule has 3 heteroatoms. The van der Waals surface area contributed by atoms with Crippen molar-refractivity contribution >= 4 is 70.4 Å². The summed E-state index contributed by atoms with van der Waals surface area (Å²) in [6, 6.07) is 61.5. The summed E-state index contributed by atoms with van der Waals surface area (Å²) in [5.74, 6) is 0. The maximum atomic E-state index is 2.43. The predicted octanol–water partition coefficient (Wildman–Crippen LogP) is 12.3. The summed E-state index contributed by atoms with van der Waals surface area (Å²) in [7, 11) is 0. The summed E-state index contributed by atoms with van der Waals surface area (Å²) in [6.45, 7) is 0. The molecule has 7 aromatic carbocycles. The van der Waals surface area contributed by atoms with E-state index in [0.29, 0.717) is 0 Å². The molecule has 0 spiro atoms. The van der Waals surface area contributed by atoms with Gasteiger partial charge in [0.15, 0.2) is 0 Å². The van der Waals surface area contributed by atoms with Gasteiger partial charge in [0.2, 0.25) is 0 Å². The zero-order valence-electron chi connectivity index (χ0n) is 24.5. The Morgan fingerprint density at radius 1 is 0.422 bits per heavy atom. The first-order valence-corrected chi connectivity index (χ1v) is 16.1. The zero-order valence-corrected chi connectivity index (χ0v) is 25.3. The van der Waals surface area contributed by atoms with Gasteiger partial charge < -0.3 is 9.47 Å². The Kier molecular flexibility index (Phi) is 6.03. The van der Waals surface area contributed by atoms with Crippen LogP contribution in [-0.4, -0.2) is 4.57 Å². The molecule has 0 atom stereocenters. The summed E-state index contributed by atoms with van der Waals surface area (Å²) in [5.41, 5.74) is 9.33. The van der Waals surface area contributed by atoms with E-state index >= 15 is 0 Å². The Balaban J connectivity index is 1.34. The predicted molar refractivity (Wildman–Crippen MR) is 194 cm³/mol. The molecule has 0 fully saturated rings. The molecule has 0 N–H and O–H groups in total. The fourth-order valence-electron chi connectivity index (χ4n) is 6.76. The number of hydrogen-bond donors (Lipinski definition) is 0. The topological polar surface area (TPSA) is 8.17 Å². The zero-order chi connectivity index (χ0) is 29.7. The minimum absolute atomic E-state index is 1.12. The normalized spacial score (nSPS) is 11.6. The number of hydrogen-bond acceptors (Lipinski definition) is 2. The van der Waals surface area contributed by atoms with Crippen LogP contribution >= 0.6 is 11.3 Å². The maximum Gasteiger partial charge on any atom is 0.0561 e. The third-order valence-corrected chi connectivity index (χ3v) is 9.93. The number of para-hydroxylation sites is 3. The largest absolute Gasteiger partial charge is 0.310 e. The number of nitrogens with zero attached hydrogens (tertiary/aromatic N) is 2. The van der Waals surface area contributed by atoms with E-state index in [2.05, 4.69) is 179 Å². The van der Waals surface area contributed by atoms with Crippen molar-refractivity contribution in [2.24, 2.45) is 0 Å². The quantitative estimate of drug-likeness (QED) is 0.193. The van der Waals surface area contributed by atoms with Gasteiger partial charge in [0, 0.05) is 53.6 Å². The lowest BCUT2D eigenvalue weighted by Gasteiger charge is -2.28. The summed E-state index contributed by atoms with van der Waals surface area (Å²) in [5, 5.41) is 5.09. The van der Waals surface area contributed by atoms with Gasteiger partial charge in [-0.3, -0.25) is 0 Å². The van der Waals surface area contributed by atoms with Crippen LogP contribution < -0.4 is 4.90 Å². The van der Waals surface area contributed by atoms with Crippen molar-refractivity contribution < 1.29 is 0 Å². The molecule has 0 saturated carbocycles. The Morgan fingerprint density at radius 3 is 1.91 bits per heavy atom. The van der Waals surface area contributed by atoms with Crippen molar-refractivity contribution in [3.05, 3.63) is 170 Å². The summed E-state index contributed by atoms with van der Waals surface area (Å²) >= 11 is 1.86. The molecule has 0 aliphatic rings. The second kappa shape index (κ2) is 10.5. The molecule has 0 aliphatic heterocycles. The number of aromatic nitrogens is 1. The Morgan fingerprint density at radius 2 is 1.04 bits per heavy atom. The van der Waals surface area contributed by atoms with Crippen LogP contribution in [-0.2, 0) is 0 Å². The van der Waals surface area contributed by atoms with E-state index in [1.807, 2.05) is 11.3 Å². The van der Waals surface area contributed by atoms with E-state index in [0.717, 1.165) is 22.7 Å². The fraction of sp³-hybridized carbons (Fsp3) is 0. The highest BCUT2D eigenvalue weighted by molar-refractivity contribution is 7.25. The highest BCUT2D eigenvalue weighted by Crippen LogP contribution is 2.45. The molecule has 0 aliphatic carbocycles. The van der Waals surface area contributed by atoms with Gasteiger partial charge in [-0.15, -0.1) is 11.3 Å². The highest BCUT2D eigenvalue weighted by atomic mass is 32.1. The van der Waals surface area contributed by atoms with Crippen molar-refractivity contribution in [1.29, 1.82) is 0 Å². The molecule has 0 bridgehead atoms. The molecular weight excluding hydrogens is 565 g/mol. The molecule has 0 amide bonds. The summed E-state index contributed by atoms with van der Waals surface area (Å²) in [4.78, 5) is 2.43. The Hall–Kier alpha value is -5.64. The molecule has 0 unspecified atom stereocenters. The van der Waals surface area contributed by atoms with Crippen molar-refractivity contribution in [2.75, 3.05) is 4.90 Å². The minimum atomic E-state index is 1.12. The molecular formula is C42H28N2S. The van der Waals surface area contributed by atoms with Crippen LogP contribution in [0, 0.1) is 0 Å². The van der Waals surface area contributed by atoms with E-state index < -0.39 is 0 Å². The third kappa shape index (κ3) is 4.24. The van der Waals surface area contributed by atoms with Gasteiger partial charge in [0.25, 0.3) is 0 Å². The monoisotopic (exact) mass is 592 g/mol. The van der Waals surface area contributed by atoms with Gasteiger partial charge in [-0.05, 0) is 66.2 Å². The molecule has 2 nitrogen and oxygen atoms in total. The average Bonchev–Trinajstić information content (AvgIpc) is 3.65. The van der Waals surface area contributed by atoms with E-state index in [-0.39, 0.29) is 0 Å². The lowest BCUT2D eigenvalue weighted by molar-refractivity contribution is 1.18. The van der Waals surface area contributed by atoms with Crippen molar-refractivity contribution in [3.63, 3.8) is 0 Å². The van der Waals surface area contributed by atoms with Crippen molar-refractivity contribution in [3.8, 4) is 16.8 Å². The second-order valence-electron chi connectivity index (χ2n) is 11.4. The summed E-state index contributed by atoms with van der Waals surface area (Å²) < 4.78 is 5.01. The van der Waals surface area contributed by atoms with Crippen LogP contribution in [0.15, 0.2) is 170 Å². The molecule has 0 saturated heterocycles. The average molecular weight is 593 g/mol. The fourth-order valence-corrected chi connectivity index (χ4v) is 7.85. The van der Waals surface area contributed by atoms with Gasteiger partial charge in [-0.2, -0.15) is 0 Å². The number of fused-ring (bicyclic) bond motifs is 6. The maximum absolute atomic E-state index is 2.43. The van der Waals surface area contributed by atoms with E-state index in [1.54, 1.807) is 0 Å². The van der Waals surface area contributed by atoms with Crippen LogP contribution in [0.3, 0.4) is 0 Å². The van der Waals surface area contributed by atoms with Crippen LogP contribution in [0.5, 0.6) is 0 Å². The Labute approximate surface area is 265 Å². The molecule has 9 aromatic rings. The van der Waals surface area contributed by atoms with Gasteiger partial charge >= 0.3 is 0 Å². The third-order valence-electron chi connectivity index (χ3n) is 8.78. The standard InChI is InChI=1S/C42H28N2S/c1-3-13-29(14-4-1)33-17-7-10-20-38(33)43(31-24-26-42-37(27-31)36-19-9-12-22-41(36)45-42)32-23-25-35-34-18-8-11-21-39(34)44(40(35)28-32)30-15-5-2-6-16-30/h1-28H. The van der Waals surface area contributed by atoms with Crippen LogP contribution in [0.1, 0.15) is 0 Å². The lowest BCUT2D eigenvalue weighted by atomic mass is 10.0. The molecule has 45 heavy (non-hydrogen) atoms. The number of thiophene rings is 1. The van der Waals surface area contributed by atoms with E-state index in [1.165, 1.54) is 53.1 Å². The highest BCUT2D eigenvalue weighted by Gasteiger charge is 2.20. The van der Waals surface area contributed by atoms with Crippen molar-refractivity contribution in [1.82, 2.24) is 4.57 Å². The molecule has 0 radical (unpaired) electrons. The summed E-state index contributed by atoms with van der Waals surface area (Å²) in [6.07, 6.45) is 0. The van der Waals surface area contributed by atoms with Crippen LogP contribution in [0.2, 0.25) is 0 Å². The molecule has 2 heterocycles.